The second kappa shape index (κ2) is 5.59. The first-order chi connectivity index (χ1) is 7.17. The van der Waals surface area contributed by atoms with Gasteiger partial charge >= 0.3 is 0 Å². The first-order valence-electron chi connectivity index (χ1n) is 4.60. The number of aliphatic hydroxyl groups is 1. The maximum absolute atomic E-state index is 8.88. The molecule has 1 aromatic heterocycles. The number of nitrogens with two attached hydrogens (primary N) is 1. The molecule has 0 aliphatic carbocycles. The van der Waals surface area contributed by atoms with Crippen LogP contribution >= 0.6 is 11.8 Å². The zero-order valence-electron chi connectivity index (χ0n) is 8.47. The molecule has 5 heteroatoms. The van der Waals surface area contributed by atoms with Gasteiger partial charge in [0.1, 0.15) is 11.1 Å². The Kier molecular flexibility index (Phi) is 4.40. The highest BCUT2D eigenvalue weighted by Crippen LogP contribution is 2.26. The monoisotopic (exact) mass is 223 g/mol. The van der Waals surface area contributed by atoms with Gasteiger partial charge in [-0.3, -0.25) is 0 Å². The van der Waals surface area contributed by atoms with Crippen LogP contribution in [0, 0.1) is 11.3 Å². The van der Waals surface area contributed by atoms with E-state index in [0.717, 1.165) is 0 Å². The highest BCUT2D eigenvalue weighted by Gasteiger charge is 2.09. The molecular weight excluding hydrogens is 210 g/mol. The summed E-state index contributed by atoms with van der Waals surface area (Å²) in [5, 5.41) is 18.6. The molecule has 0 aliphatic heterocycles. The van der Waals surface area contributed by atoms with Crippen LogP contribution in [0.1, 0.15) is 18.9 Å². The van der Waals surface area contributed by atoms with Crippen molar-refractivity contribution >= 4 is 17.4 Å². The molecule has 1 unspecified atom stereocenters. The van der Waals surface area contributed by atoms with Crippen LogP contribution in [-0.4, -0.2) is 21.9 Å². The number of nitrogens with zero attached hydrogens (tertiary/aromatic N) is 2. The van der Waals surface area contributed by atoms with Crippen molar-refractivity contribution in [3.8, 4) is 6.07 Å². The van der Waals surface area contributed by atoms with E-state index < -0.39 is 0 Å². The van der Waals surface area contributed by atoms with Gasteiger partial charge in [0.15, 0.2) is 0 Å². The number of aromatic nitrogens is 1. The van der Waals surface area contributed by atoms with Crippen LogP contribution in [-0.2, 0) is 0 Å². The number of anilines is 1. The van der Waals surface area contributed by atoms with E-state index in [1.54, 1.807) is 6.07 Å². The van der Waals surface area contributed by atoms with Gasteiger partial charge in [-0.2, -0.15) is 5.26 Å². The van der Waals surface area contributed by atoms with Crippen LogP contribution in [0.15, 0.2) is 17.3 Å². The third-order valence-corrected chi connectivity index (χ3v) is 3.03. The average molecular weight is 223 g/mol. The van der Waals surface area contributed by atoms with Gasteiger partial charge in [0.2, 0.25) is 0 Å². The first kappa shape index (κ1) is 11.8. The van der Waals surface area contributed by atoms with Gasteiger partial charge < -0.3 is 10.8 Å². The lowest BCUT2D eigenvalue weighted by Gasteiger charge is -2.09. The van der Waals surface area contributed by atoms with E-state index in [-0.39, 0.29) is 11.9 Å². The van der Waals surface area contributed by atoms with E-state index in [1.165, 1.54) is 18.0 Å². The molecular formula is C10H13N3OS. The Morgan fingerprint density at radius 1 is 1.73 bits per heavy atom. The molecule has 0 aromatic carbocycles. The molecule has 4 nitrogen and oxygen atoms in total. The van der Waals surface area contributed by atoms with E-state index in [9.17, 15) is 0 Å². The molecule has 0 radical (unpaired) electrons. The standard InChI is InChI=1S/C10H13N3OS/c1-7(2-3-14)15-10-8(5-11)4-9(12)6-13-10/h4,6-7,14H,2-3,12H2,1H3. The fourth-order valence-corrected chi connectivity index (χ4v) is 2.02. The topological polar surface area (TPSA) is 82.9 Å². The van der Waals surface area contributed by atoms with Gasteiger partial charge in [0.05, 0.1) is 17.4 Å². The quantitative estimate of drug-likeness (QED) is 0.754. The Hall–Kier alpha value is -1.25. The summed E-state index contributed by atoms with van der Waals surface area (Å²) in [5.74, 6) is 0. The van der Waals surface area contributed by atoms with Gasteiger partial charge in [-0.15, -0.1) is 11.8 Å². The number of pyridine rings is 1. The maximum Gasteiger partial charge on any atom is 0.114 e. The molecule has 0 amide bonds. The van der Waals surface area contributed by atoms with Crippen molar-refractivity contribution < 1.29 is 5.11 Å². The van der Waals surface area contributed by atoms with E-state index in [4.69, 9.17) is 16.1 Å². The largest absolute Gasteiger partial charge is 0.397 e. The molecule has 1 heterocycles. The summed E-state index contributed by atoms with van der Waals surface area (Å²) in [6, 6.07) is 3.67. The molecule has 1 atom stereocenters. The number of hydrogen-bond donors (Lipinski definition) is 2. The van der Waals surface area contributed by atoms with Crippen LogP contribution < -0.4 is 5.73 Å². The molecule has 0 bridgehead atoms. The van der Waals surface area contributed by atoms with Crippen LogP contribution in [0.25, 0.3) is 0 Å². The summed E-state index contributed by atoms with van der Waals surface area (Å²) in [7, 11) is 0. The van der Waals surface area contributed by atoms with Crippen molar-refractivity contribution in [2.45, 2.75) is 23.6 Å². The first-order valence-corrected chi connectivity index (χ1v) is 5.48. The summed E-state index contributed by atoms with van der Waals surface area (Å²) >= 11 is 1.48. The summed E-state index contributed by atoms with van der Waals surface area (Å²) in [6.45, 7) is 2.13. The maximum atomic E-state index is 8.88. The smallest absolute Gasteiger partial charge is 0.114 e. The Balaban J connectivity index is 2.81. The number of aliphatic hydroxyl groups excluding tert-OH is 1. The molecule has 80 valence electrons. The third-order valence-electron chi connectivity index (χ3n) is 1.84. The highest BCUT2D eigenvalue weighted by atomic mass is 32.2. The summed E-state index contributed by atoms with van der Waals surface area (Å²) in [4.78, 5) is 4.11. The minimum atomic E-state index is 0.144. The van der Waals surface area contributed by atoms with Crippen molar-refractivity contribution in [2.24, 2.45) is 0 Å². The van der Waals surface area contributed by atoms with E-state index >= 15 is 0 Å². The van der Waals surface area contributed by atoms with Gasteiger partial charge in [-0.1, -0.05) is 6.92 Å². The highest BCUT2D eigenvalue weighted by molar-refractivity contribution is 7.99. The molecule has 0 saturated carbocycles. The Bertz CT molecular complexity index is 375. The minimum absolute atomic E-state index is 0.144. The normalized spacial score (nSPS) is 12.1. The SMILES string of the molecule is CC(CCO)Sc1ncc(N)cc1C#N. The van der Waals surface area contributed by atoms with Crippen LogP contribution in [0.2, 0.25) is 0 Å². The van der Waals surface area contributed by atoms with Gasteiger partial charge in [0.25, 0.3) is 0 Å². The Morgan fingerprint density at radius 2 is 2.47 bits per heavy atom. The minimum Gasteiger partial charge on any atom is -0.397 e. The van der Waals surface area contributed by atoms with E-state index in [0.29, 0.717) is 22.7 Å². The Labute approximate surface area is 93.1 Å². The van der Waals surface area contributed by atoms with Gasteiger partial charge in [0, 0.05) is 11.9 Å². The number of nitriles is 1. The lowest BCUT2D eigenvalue weighted by molar-refractivity contribution is 0.289. The number of thioether (sulfide) groups is 1. The molecule has 1 aromatic rings. The molecule has 0 aliphatic rings. The van der Waals surface area contributed by atoms with Crippen molar-refractivity contribution in [3.05, 3.63) is 17.8 Å². The molecule has 15 heavy (non-hydrogen) atoms. The van der Waals surface area contributed by atoms with Crippen molar-refractivity contribution in [3.63, 3.8) is 0 Å². The van der Waals surface area contributed by atoms with E-state index in [1.807, 2.05) is 6.92 Å². The third kappa shape index (κ3) is 3.42. The fourth-order valence-electron chi connectivity index (χ4n) is 1.07. The zero-order valence-corrected chi connectivity index (χ0v) is 9.29. The Morgan fingerprint density at radius 3 is 3.07 bits per heavy atom. The average Bonchev–Trinajstić information content (AvgIpc) is 2.21. The molecule has 0 saturated heterocycles. The predicted octanol–water partition coefficient (Wildman–Crippen LogP) is 1.40. The summed E-state index contributed by atoms with van der Waals surface area (Å²) in [5.41, 5.74) is 6.51. The zero-order chi connectivity index (χ0) is 11.3. The lowest BCUT2D eigenvalue weighted by atomic mass is 10.3. The second-order valence-corrected chi connectivity index (χ2v) is 4.60. The number of rotatable bonds is 4. The van der Waals surface area contributed by atoms with Crippen molar-refractivity contribution in [1.29, 1.82) is 5.26 Å². The fraction of sp³-hybridized carbons (Fsp3) is 0.400. The van der Waals surface area contributed by atoms with Crippen LogP contribution in [0.4, 0.5) is 5.69 Å². The molecule has 0 spiro atoms. The summed E-state index contributed by atoms with van der Waals surface area (Å²) < 4.78 is 0. The van der Waals surface area contributed by atoms with Crippen molar-refractivity contribution in [1.82, 2.24) is 4.98 Å². The lowest BCUT2D eigenvalue weighted by Crippen LogP contribution is -2.01. The van der Waals surface area contributed by atoms with Gasteiger partial charge in [-0.25, -0.2) is 4.98 Å². The second-order valence-electron chi connectivity index (χ2n) is 3.17. The van der Waals surface area contributed by atoms with Crippen LogP contribution in [0.5, 0.6) is 0 Å². The molecule has 0 fully saturated rings. The number of nitrogen functional groups attached to an aromatic ring is 1. The van der Waals surface area contributed by atoms with E-state index in [2.05, 4.69) is 11.1 Å². The molecule has 3 N–H and O–H groups in total. The van der Waals surface area contributed by atoms with Gasteiger partial charge in [-0.05, 0) is 12.5 Å². The summed E-state index contributed by atoms with van der Waals surface area (Å²) in [6.07, 6.45) is 2.22. The number of hydrogen-bond acceptors (Lipinski definition) is 5. The molecule has 1 rings (SSSR count). The van der Waals surface area contributed by atoms with Crippen LogP contribution in [0.3, 0.4) is 0 Å². The van der Waals surface area contributed by atoms with Crippen molar-refractivity contribution in [2.75, 3.05) is 12.3 Å². The predicted molar refractivity (Wildman–Crippen MR) is 60.4 cm³/mol.